The Kier molecular flexibility index (Phi) is 20.9. The Bertz CT molecular complexity index is 903. The van der Waals surface area contributed by atoms with E-state index in [2.05, 4.69) is 26.3 Å². The van der Waals surface area contributed by atoms with Crippen LogP contribution in [0.1, 0.15) is 32.1 Å². The first-order valence-corrected chi connectivity index (χ1v) is 13.9. The molecule has 0 aliphatic carbocycles. The molecule has 0 saturated heterocycles. The number of hydrogen-bond donors (Lipinski definition) is 0. The van der Waals surface area contributed by atoms with Crippen LogP contribution in [0.2, 0.25) is 0 Å². The standard InChI is InChI=1S/C31H44O14/c1-7-24(32)40-18-30(16-38-5,19-41-25(33)8-2)22-44-28(36)14-12-11-13-15-29(37)45-23-31(17-39-6,20-42-26(34)9-3)21-43-27(35)10-4/h7-10H,1-4,11-23H2,5-6H3. The molecule has 0 aromatic carbocycles. The first-order valence-electron chi connectivity index (χ1n) is 13.9. The third-order valence-corrected chi connectivity index (χ3v) is 5.99. The van der Waals surface area contributed by atoms with Gasteiger partial charge in [0.25, 0.3) is 0 Å². The van der Waals surface area contributed by atoms with Crippen LogP contribution >= 0.6 is 0 Å². The molecule has 252 valence electrons. The van der Waals surface area contributed by atoms with E-state index in [1.165, 1.54) is 14.2 Å². The van der Waals surface area contributed by atoms with Crippen LogP contribution in [0.5, 0.6) is 0 Å². The molecule has 0 aliphatic rings. The van der Waals surface area contributed by atoms with E-state index in [1.54, 1.807) is 0 Å². The van der Waals surface area contributed by atoms with Crippen molar-refractivity contribution in [2.75, 3.05) is 67.1 Å². The molecule has 0 aromatic heterocycles. The van der Waals surface area contributed by atoms with Crippen molar-refractivity contribution in [2.24, 2.45) is 10.8 Å². The van der Waals surface area contributed by atoms with Crippen LogP contribution in [-0.4, -0.2) is 103 Å². The summed E-state index contributed by atoms with van der Waals surface area (Å²) < 4.78 is 41.6. The fourth-order valence-corrected chi connectivity index (χ4v) is 3.57. The molecule has 0 rings (SSSR count). The molecular formula is C31H44O14. The Morgan fingerprint density at radius 2 is 0.711 bits per heavy atom. The van der Waals surface area contributed by atoms with Crippen LogP contribution in [0, 0.1) is 10.8 Å². The van der Waals surface area contributed by atoms with Crippen molar-refractivity contribution in [3.05, 3.63) is 50.6 Å². The topological polar surface area (TPSA) is 176 Å². The number of rotatable bonds is 26. The van der Waals surface area contributed by atoms with Gasteiger partial charge in [-0.1, -0.05) is 32.7 Å². The first kappa shape index (κ1) is 40.7. The SMILES string of the molecule is C=CC(=O)OCC(COC)(COC(=O)C=C)COC(=O)CCCCCC(=O)OCC(COC)(COC(=O)C=C)COC(=O)C=C. The van der Waals surface area contributed by atoms with E-state index < -0.39 is 46.6 Å². The normalized spacial score (nSPS) is 10.9. The van der Waals surface area contributed by atoms with Gasteiger partial charge in [0.2, 0.25) is 0 Å². The molecule has 0 aromatic rings. The first-order chi connectivity index (χ1) is 21.4. The molecule has 0 amide bonds. The number of unbranched alkanes of at least 4 members (excludes halogenated alkanes) is 2. The van der Waals surface area contributed by atoms with Crippen LogP contribution in [0.4, 0.5) is 0 Å². The Labute approximate surface area is 263 Å². The molecule has 14 heteroatoms. The predicted molar refractivity (Wildman–Crippen MR) is 158 cm³/mol. The molecular weight excluding hydrogens is 596 g/mol. The van der Waals surface area contributed by atoms with Gasteiger partial charge in [0.05, 0.1) is 24.0 Å². The summed E-state index contributed by atoms with van der Waals surface area (Å²) in [7, 11) is 2.78. The highest BCUT2D eigenvalue weighted by molar-refractivity contribution is 5.82. The Morgan fingerprint density at radius 3 is 0.956 bits per heavy atom. The third-order valence-electron chi connectivity index (χ3n) is 5.99. The van der Waals surface area contributed by atoms with Gasteiger partial charge in [-0.15, -0.1) is 0 Å². The smallest absolute Gasteiger partial charge is 0.330 e. The fourth-order valence-electron chi connectivity index (χ4n) is 3.57. The van der Waals surface area contributed by atoms with E-state index in [4.69, 9.17) is 37.9 Å². The molecule has 0 bridgehead atoms. The lowest BCUT2D eigenvalue weighted by Crippen LogP contribution is -2.43. The number of hydrogen-bond acceptors (Lipinski definition) is 14. The number of methoxy groups -OCH3 is 2. The van der Waals surface area contributed by atoms with Gasteiger partial charge in [0.1, 0.15) is 39.6 Å². The Morgan fingerprint density at radius 1 is 0.444 bits per heavy atom. The lowest BCUT2D eigenvalue weighted by molar-refractivity contribution is -0.164. The fraction of sp³-hybridized carbons (Fsp3) is 0.548. The van der Waals surface area contributed by atoms with Crippen molar-refractivity contribution < 1.29 is 66.7 Å². The maximum Gasteiger partial charge on any atom is 0.330 e. The molecule has 0 aliphatic heterocycles. The van der Waals surface area contributed by atoms with Crippen LogP contribution in [0.3, 0.4) is 0 Å². The second-order valence-electron chi connectivity index (χ2n) is 10.00. The number of ether oxygens (including phenoxy) is 8. The van der Waals surface area contributed by atoms with E-state index in [0.29, 0.717) is 19.3 Å². The number of carbonyl (C=O) groups is 6. The van der Waals surface area contributed by atoms with Crippen molar-refractivity contribution in [3.63, 3.8) is 0 Å². The number of carbonyl (C=O) groups excluding carboxylic acids is 6. The predicted octanol–water partition coefficient (Wildman–Crippen LogP) is 2.21. The minimum absolute atomic E-state index is 0.0251. The highest BCUT2D eigenvalue weighted by Crippen LogP contribution is 2.23. The van der Waals surface area contributed by atoms with Gasteiger partial charge in [-0.25, -0.2) is 19.2 Å². The zero-order chi connectivity index (χ0) is 34.1. The summed E-state index contributed by atoms with van der Waals surface area (Å²) in [5.41, 5.74) is -2.34. The average Bonchev–Trinajstić information content (AvgIpc) is 3.04. The quantitative estimate of drug-likeness (QED) is 0.0582. The van der Waals surface area contributed by atoms with E-state index in [0.717, 1.165) is 24.3 Å². The maximum absolute atomic E-state index is 12.4. The third kappa shape index (κ3) is 18.2. The largest absolute Gasteiger partial charge is 0.465 e. The summed E-state index contributed by atoms with van der Waals surface area (Å²) in [6.07, 6.45) is 5.18. The van der Waals surface area contributed by atoms with Gasteiger partial charge in [-0.2, -0.15) is 0 Å². The summed E-state index contributed by atoms with van der Waals surface area (Å²) in [5.74, 6) is -3.98. The van der Waals surface area contributed by atoms with Crippen molar-refractivity contribution in [3.8, 4) is 0 Å². The van der Waals surface area contributed by atoms with E-state index in [9.17, 15) is 28.8 Å². The van der Waals surface area contributed by atoms with Crippen LogP contribution in [-0.2, 0) is 66.7 Å². The molecule has 0 unspecified atom stereocenters. The molecule has 45 heavy (non-hydrogen) atoms. The maximum atomic E-state index is 12.4. The van der Waals surface area contributed by atoms with Gasteiger partial charge < -0.3 is 37.9 Å². The Balaban J connectivity index is 4.92. The molecule has 0 saturated carbocycles. The van der Waals surface area contributed by atoms with Crippen LogP contribution in [0.25, 0.3) is 0 Å². The summed E-state index contributed by atoms with van der Waals surface area (Å²) in [6.45, 7) is 11.6. The highest BCUT2D eigenvalue weighted by Gasteiger charge is 2.37. The lowest BCUT2D eigenvalue weighted by atomic mass is 9.92. The van der Waals surface area contributed by atoms with Gasteiger partial charge in [-0.05, 0) is 12.8 Å². The average molecular weight is 641 g/mol. The second-order valence-corrected chi connectivity index (χ2v) is 10.00. The van der Waals surface area contributed by atoms with Crippen molar-refractivity contribution in [2.45, 2.75) is 32.1 Å². The second kappa shape index (κ2) is 23.1. The van der Waals surface area contributed by atoms with Gasteiger partial charge in [0, 0.05) is 51.4 Å². The molecule has 0 heterocycles. The van der Waals surface area contributed by atoms with Crippen molar-refractivity contribution in [1.82, 2.24) is 0 Å². The molecule has 0 fully saturated rings. The summed E-state index contributed by atoms with van der Waals surface area (Å²) in [4.78, 5) is 71.2. The summed E-state index contributed by atoms with van der Waals surface area (Å²) >= 11 is 0. The minimum atomic E-state index is -1.17. The van der Waals surface area contributed by atoms with Crippen molar-refractivity contribution in [1.29, 1.82) is 0 Å². The molecule has 0 radical (unpaired) electrons. The van der Waals surface area contributed by atoms with Gasteiger partial charge in [-0.3, -0.25) is 9.59 Å². The summed E-state index contributed by atoms with van der Waals surface area (Å²) in [6, 6.07) is 0. The van der Waals surface area contributed by atoms with Crippen LogP contribution < -0.4 is 0 Å². The minimum Gasteiger partial charge on any atom is -0.465 e. The number of esters is 6. The highest BCUT2D eigenvalue weighted by atomic mass is 16.6. The molecule has 0 spiro atoms. The molecule has 14 nitrogen and oxygen atoms in total. The van der Waals surface area contributed by atoms with Crippen LogP contribution in [0.15, 0.2) is 50.6 Å². The summed E-state index contributed by atoms with van der Waals surface area (Å²) in [5, 5.41) is 0. The van der Waals surface area contributed by atoms with Crippen molar-refractivity contribution >= 4 is 35.8 Å². The van der Waals surface area contributed by atoms with E-state index in [1.807, 2.05) is 0 Å². The Hall–Kier alpha value is -4.30. The molecule has 0 atom stereocenters. The van der Waals surface area contributed by atoms with E-state index in [-0.39, 0.29) is 65.7 Å². The van der Waals surface area contributed by atoms with Gasteiger partial charge in [0.15, 0.2) is 0 Å². The van der Waals surface area contributed by atoms with E-state index >= 15 is 0 Å². The zero-order valence-electron chi connectivity index (χ0n) is 26.0. The zero-order valence-corrected chi connectivity index (χ0v) is 26.0. The molecule has 0 N–H and O–H groups in total. The lowest BCUT2D eigenvalue weighted by Gasteiger charge is -2.31. The van der Waals surface area contributed by atoms with Gasteiger partial charge >= 0.3 is 35.8 Å². The monoisotopic (exact) mass is 640 g/mol.